The molecule has 0 spiro atoms. The highest BCUT2D eigenvalue weighted by Crippen LogP contribution is 2.10. The van der Waals surface area contributed by atoms with Gasteiger partial charge in [-0.15, -0.1) is 0 Å². The van der Waals surface area contributed by atoms with Gasteiger partial charge in [-0.25, -0.2) is 9.59 Å². The van der Waals surface area contributed by atoms with Crippen molar-refractivity contribution >= 4 is 18.0 Å². The van der Waals surface area contributed by atoms with Crippen molar-refractivity contribution in [1.82, 2.24) is 10.6 Å². The Hall–Kier alpha value is -2.57. The number of rotatable bonds is 5. The molecule has 1 fully saturated rings. The Morgan fingerprint density at radius 3 is 2.52 bits per heavy atom. The summed E-state index contributed by atoms with van der Waals surface area (Å²) in [7, 11) is 0. The van der Waals surface area contributed by atoms with Gasteiger partial charge in [-0.05, 0) is 26.3 Å². The molecule has 0 radical (unpaired) electrons. The van der Waals surface area contributed by atoms with Crippen LogP contribution in [0.5, 0.6) is 0 Å². The normalized spacial score (nSPS) is 18.2. The maximum Gasteiger partial charge on any atom is 0.408 e. The predicted molar refractivity (Wildman–Crippen MR) is 90.8 cm³/mol. The van der Waals surface area contributed by atoms with Gasteiger partial charge >= 0.3 is 12.1 Å². The summed E-state index contributed by atoms with van der Waals surface area (Å²) in [5.41, 5.74) is 0.209. The average Bonchev–Trinajstić information content (AvgIpc) is 2.91. The van der Waals surface area contributed by atoms with E-state index in [1.807, 2.05) is 30.3 Å². The smallest absolute Gasteiger partial charge is 0.408 e. The third kappa shape index (κ3) is 6.10. The number of hydrogen-bond acceptors (Lipinski definition) is 5. The molecule has 2 N–H and O–H groups in total. The number of esters is 1. The summed E-state index contributed by atoms with van der Waals surface area (Å²) in [6.07, 6.45) is 0.0283. The van der Waals surface area contributed by atoms with E-state index in [0.717, 1.165) is 5.56 Å². The van der Waals surface area contributed by atoms with Crippen molar-refractivity contribution in [2.24, 2.45) is 0 Å². The van der Waals surface area contributed by atoms with Gasteiger partial charge in [0.05, 0.1) is 6.61 Å². The van der Waals surface area contributed by atoms with E-state index in [-0.39, 0.29) is 13.0 Å². The van der Waals surface area contributed by atoms with Gasteiger partial charge in [-0.2, -0.15) is 0 Å². The summed E-state index contributed by atoms with van der Waals surface area (Å²) < 4.78 is 10.1. The zero-order valence-corrected chi connectivity index (χ0v) is 14.7. The van der Waals surface area contributed by atoms with Crippen LogP contribution < -0.4 is 10.6 Å². The lowest BCUT2D eigenvalue weighted by atomic mass is 10.0. The number of amides is 2. The first-order valence-corrected chi connectivity index (χ1v) is 8.25. The number of benzene rings is 1. The largest absolute Gasteiger partial charge is 0.464 e. The zero-order valence-electron chi connectivity index (χ0n) is 14.7. The van der Waals surface area contributed by atoms with E-state index in [0.29, 0.717) is 6.42 Å². The van der Waals surface area contributed by atoms with E-state index in [4.69, 9.17) is 9.47 Å². The molecule has 0 aromatic heterocycles. The number of carbonyl (C=O) groups is 3. The molecule has 2 rings (SSSR count). The van der Waals surface area contributed by atoms with Gasteiger partial charge < -0.3 is 20.1 Å². The minimum atomic E-state index is -0.856. The monoisotopic (exact) mass is 348 g/mol. The van der Waals surface area contributed by atoms with Crippen molar-refractivity contribution in [2.75, 3.05) is 6.61 Å². The predicted octanol–water partition coefficient (Wildman–Crippen LogP) is 1.55. The third-order valence-electron chi connectivity index (χ3n) is 3.54. The van der Waals surface area contributed by atoms with Crippen LogP contribution in [0.3, 0.4) is 0 Å². The van der Waals surface area contributed by atoms with E-state index >= 15 is 0 Å². The van der Waals surface area contributed by atoms with Crippen molar-refractivity contribution in [3.05, 3.63) is 35.9 Å². The molecule has 1 saturated heterocycles. The van der Waals surface area contributed by atoms with E-state index in [1.165, 1.54) is 0 Å². The fraction of sp³-hybridized carbons (Fsp3) is 0.500. The third-order valence-corrected chi connectivity index (χ3v) is 3.54. The number of ether oxygens (including phenoxy) is 2. The van der Waals surface area contributed by atoms with Crippen LogP contribution >= 0.6 is 0 Å². The molecular weight excluding hydrogens is 324 g/mol. The Bertz CT molecular complexity index is 624. The minimum Gasteiger partial charge on any atom is -0.464 e. The summed E-state index contributed by atoms with van der Waals surface area (Å²) in [6.45, 7) is 5.51. The van der Waals surface area contributed by atoms with Crippen LogP contribution in [-0.2, 0) is 25.5 Å². The van der Waals surface area contributed by atoms with Gasteiger partial charge in [0.25, 0.3) is 0 Å². The summed E-state index contributed by atoms with van der Waals surface area (Å²) in [5, 5.41) is 5.22. The first kappa shape index (κ1) is 18.8. The SMILES string of the molecule is CC(C)(C)OC(=O)N[C@@H](Cc1ccccc1)C(=O)N[C@H]1CCOC1=O. The molecule has 0 saturated carbocycles. The quantitative estimate of drug-likeness (QED) is 0.788. The fourth-order valence-electron chi connectivity index (χ4n) is 2.41. The Balaban J connectivity index is 2.06. The highest BCUT2D eigenvalue weighted by molar-refractivity contribution is 5.90. The van der Waals surface area contributed by atoms with Crippen LogP contribution in [0.2, 0.25) is 0 Å². The molecule has 136 valence electrons. The molecule has 1 heterocycles. The molecule has 2 atom stereocenters. The molecule has 2 amide bonds. The molecule has 25 heavy (non-hydrogen) atoms. The fourth-order valence-corrected chi connectivity index (χ4v) is 2.41. The number of carbonyl (C=O) groups excluding carboxylic acids is 3. The average molecular weight is 348 g/mol. The first-order valence-electron chi connectivity index (χ1n) is 8.25. The number of nitrogens with one attached hydrogen (secondary N) is 2. The summed E-state index contributed by atoms with van der Waals surface area (Å²) in [4.78, 5) is 36.2. The van der Waals surface area contributed by atoms with Crippen LogP contribution in [0.1, 0.15) is 32.8 Å². The topological polar surface area (TPSA) is 93.7 Å². The van der Waals surface area contributed by atoms with E-state index in [2.05, 4.69) is 10.6 Å². The Morgan fingerprint density at radius 1 is 1.28 bits per heavy atom. The summed E-state index contributed by atoms with van der Waals surface area (Å²) >= 11 is 0. The van der Waals surface area contributed by atoms with Crippen LogP contribution in [0, 0.1) is 0 Å². The summed E-state index contributed by atoms with van der Waals surface area (Å²) in [6, 6.07) is 7.77. The highest BCUT2D eigenvalue weighted by atomic mass is 16.6. The standard InChI is InChI=1S/C18H24N2O5/c1-18(2,3)25-17(23)20-14(11-12-7-5-4-6-8-12)15(21)19-13-9-10-24-16(13)22/h4-8,13-14H,9-11H2,1-3H3,(H,19,21)(H,20,23)/t13-,14-/m0/s1. The van der Waals surface area contributed by atoms with E-state index < -0.39 is 35.7 Å². The van der Waals surface area contributed by atoms with E-state index in [1.54, 1.807) is 20.8 Å². The van der Waals surface area contributed by atoms with Gasteiger partial charge in [0.15, 0.2) is 0 Å². The van der Waals surface area contributed by atoms with Gasteiger partial charge in [0, 0.05) is 12.8 Å². The molecule has 1 aromatic carbocycles. The molecule has 7 heteroatoms. The van der Waals surface area contributed by atoms with Crippen molar-refractivity contribution in [3.8, 4) is 0 Å². The molecule has 1 aliphatic rings. The Labute approximate surface area is 147 Å². The van der Waals surface area contributed by atoms with Crippen molar-refractivity contribution in [2.45, 2.75) is 51.3 Å². The van der Waals surface area contributed by atoms with Crippen LogP contribution in [0.15, 0.2) is 30.3 Å². The number of cyclic esters (lactones) is 1. The van der Waals surface area contributed by atoms with Gasteiger partial charge in [0.1, 0.15) is 17.7 Å². The molecule has 1 aliphatic heterocycles. The molecule has 1 aromatic rings. The van der Waals surface area contributed by atoms with Crippen molar-refractivity contribution in [3.63, 3.8) is 0 Å². The lowest BCUT2D eigenvalue weighted by Crippen LogP contribution is -2.52. The van der Waals surface area contributed by atoms with Gasteiger partial charge in [-0.1, -0.05) is 30.3 Å². The highest BCUT2D eigenvalue weighted by Gasteiger charge is 2.32. The van der Waals surface area contributed by atoms with Crippen LogP contribution in [-0.4, -0.2) is 42.3 Å². The maximum atomic E-state index is 12.6. The zero-order chi connectivity index (χ0) is 18.4. The first-order chi connectivity index (χ1) is 11.7. The van der Waals surface area contributed by atoms with Crippen LogP contribution in [0.25, 0.3) is 0 Å². The lowest BCUT2D eigenvalue weighted by Gasteiger charge is -2.24. The van der Waals surface area contributed by atoms with Gasteiger partial charge in [-0.3, -0.25) is 4.79 Å². The Kier molecular flexibility index (Phi) is 6.01. The molecular formula is C18H24N2O5. The summed E-state index contributed by atoms with van der Waals surface area (Å²) in [5.74, 6) is -0.900. The second kappa shape index (κ2) is 8.00. The molecule has 0 aliphatic carbocycles. The van der Waals surface area contributed by atoms with Gasteiger partial charge in [0.2, 0.25) is 5.91 Å². The maximum absolute atomic E-state index is 12.6. The molecule has 7 nitrogen and oxygen atoms in total. The molecule has 0 bridgehead atoms. The lowest BCUT2D eigenvalue weighted by molar-refractivity contribution is -0.141. The second-order valence-corrected chi connectivity index (χ2v) is 6.91. The Morgan fingerprint density at radius 2 is 1.96 bits per heavy atom. The second-order valence-electron chi connectivity index (χ2n) is 6.91. The van der Waals surface area contributed by atoms with Crippen LogP contribution in [0.4, 0.5) is 4.79 Å². The van der Waals surface area contributed by atoms with E-state index in [9.17, 15) is 14.4 Å². The van der Waals surface area contributed by atoms with Crippen molar-refractivity contribution in [1.29, 1.82) is 0 Å². The minimum absolute atomic E-state index is 0.284. The van der Waals surface area contributed by atoms with Crippen molar-refractivity contribution < 1.29 is 23.9 Å². The number of hydrogen-bond donors (Lipinski definition) is 2. The number of alkyl carbamates (subject to hydrolysis) is 1. The molecule has 0 unspecified atom stereocenters.